The van der Waals surface area contributed by atoms with Crippen molar-refractivity contribution in [1.29, 1.82) is 0 Å². The average molecular weight is 279 g/mol. The largest absolute Gasteiger partial charge is 0.481 e. The first kappa shape index (κ1) is 11.9. The van der Waals surface area contributed by atoms with Crippen molar-refractivity contribution in [3.05, 3.63) is 27.4 Å². The van der Waals surface area contributed by atoms with Crippen molar-refractivity contribution in [2.75, 3.05) is 0 Å². The maximum atomic E-state index is 10.6. The van der Waals surface area contributed by atoms with Crippen molar-refractivity contribution in [2.24, 2.45) is 5.92 Å². The molecule has 2 aromatic rings. The molecule has 1 aliphatic rings. The number of rotatable bonds is 5. The van der Waals surface area contributed by atoms with Crippen LogP contribution in [0.3, 0.4) is 0 Å². The molecule has 1 N–H and O–H groups in total. The summed E-state index contributed by atoms with van der Waals surface area (Å²) in [5, 5.41) is 12.0. The van der Waals surface area contributed by atoms with Gasteiger partial charge in [-0.25, -0.2) is 4.98 Å². The Balaban J connectivity index is 1.74. The molecule has 3 rings (SSSR count). The summed E-state index contributed by atoms with van der Waals surface area (Å²) in [5.41, 5.74) is 0.997. The van der Waals surface area contributed by atoms with Crippen LogP contribution in [0.2, 0.25) is 0 Å². The van der Waals surface area contributed by atoms with Crippen molar-refractivity contribution in [3.8, 4) is 10.6 Å². The fourth-order valence-electron chi connectivity index (χ4n) is 1.85. The lowest BCUT2D eigenvalue weighted by Crippen LogP contribution is -1.96. The Morgan fingerprint density at radius 2 is 2.28 bits per heavy atom. The highest BCUT2D eigenvalue weighted by atomic mass is 32.1. The van der Waals surface area contributed by atoms with Crippen molar-refractivity contribution in [2.45, 2.75) is 25.7 Å². The van der Waals surface area contributed by atoms with E-state index in [0.717, 1.165) is 27.8 Å². The predicted molar refractivity (Wildman–Crippen MR) is 73.2 cm³/mol. The van der Waals surface area contributed by atoms with E-state index in [2.05, 4.69) is 10.4 Å². The Morgan fingerprint density at radius 3 is 3.00 bits per heavy atom. The zero-order valence-corrected chi connectivity index (χ0v) is 11.4. The number of aromatic nitrogens is 1. The van der Waals surface area contributed by atoms with Crippen LogP contribution in [0.5, 0.6) is 0 Å². The Hall–Kier alpha value is -1.20. The Kier molecular flexibility index (Phi) is 3.18. The first-order valence-corrected chi connectivity index (χ1v) is 7.65. The fraction of sp³-hybridized carbons (Fsp3) is 0.385. The van der Waals surface area contributed by atoms with Crippen molar-refractivity contribution < 1.29 is 9.90 Å². The van der Waals surface area contributed by atoms with E-state index < -0.39 is 5.97 Å². The van der Waals surface area contributed by atoms with E-state index in [1.807, 2.05) is 12.1 Å². The highest BCUT2D eigenvalue weighted by molar-refractivity contribution is 7.16. The van der Waals surface area contributed by atoms with Crippen LogP contribution < -0.4 is 0 Å². The minimum atomic E-state index is -0.781. The highest BCUT2D eigenvalue weighted by Gasteiger charge is 2.23. The molecule has 0 radical (unpaired) electrons. The second-order valence-electron chi connectivity index (χ2n) is 4.61. The average Bonchev–Trinajstić information content (AvgIpc) is 2.82. The van der Waals surface area contributed by atoms with Crippen LogP contribution in [0, 0.1) is 5.92 Å². The predicted octanol–water partition coefficient (Wildman–Crippen LogP) is 3.45. The summed E-state index contributed by atoms with van der Waals surface area (Å²) in [6, 6.07) is 3.85. The number of thiophene rings is 1. The molecule has 5 heteroatoms. The maximum absolute atomic E-state index is 10.6. The second-order valence-corrected chi connectivity index (χ2v) is 6.72. The van der Waals surface area contributed by atoms with Crippen molar-refractivity contribution >= 4 is 28.6 Å². The van der Waals surface area contributed by atoms with E-state index in [1.54, 1.807) is 11.3 Å². The van der Waals surface area contributed by atoms with Crippen LogP contribution in [0.4, 0.5) is 0 Å². The second kappa shape index (κ2) is 4.82. The lowest BCUT2D eigenvalue weighted by molar-refractivity contribution is -0.136. The van der Waals surface area contributed by atoms with Gasteiger partial charge in [0.05, 0.1) is 22.0 Å². The molecule has 94 valence electrons. The van der Waals surface area contributed by atoms with Gasteiger partial charge < -0.3 is 5.11 Å². The molecule has 3 nitrogen and oxygen atoms in total. The van der Waals surface area contributed by atoms with Gasteiger partial charge in [-0.1, -0.05) is 0 Å². The van der Waals surface area contributed by atoms with E-state index in [4.69, 9.17) is 5.11 Å². The van der Waals surface area contributed by atoms with Gasteiger partial charge in [0.15, 0.2) is 0 Å². The van der Waals surface area contributed by atoms with E-state index in [1.165, 1.54) is 29.2 Å². The van der Waals surface area contributed by atoms with Crippen LogP contribution in [0.25, 0.3) is 10.6 Å². The number of aliphatic carboxylic acids is 1. The summed E-state index contributed by atoms with van der Waals surface area (Å²) in [6.07, 6.45) is 3.90. The molecule has 18 heavy (non-hydrogen) atoms. The van der Waals surface area contributed by atoms with Gasteiger partial charge in [0, 0.05) is 16.7 Å². The summed E-state index contributed by atoms with van der Waals surface area (Å²) in [4.78, 5) is 17.2. The zero-order valence-electron chi connectivity index (χ0n) is 9.76. The molecule has 0 amide bonds. The summed E-state index contributed by atoms with van der Waals surface area (Å²) < 4.78 is 0. The maximum Gasteiger partial charge on any atom is 0.308 e. The van der Waals surface area contributed by atoms with E-state index in [-0.39, 0.29) is 6.42 Å². The standard InChI is InChI=1S/C13H13NO2S2/c15-13(16)6-9-3-4-11(18-9)10-7-17-12(14-10)5-8-1-2-8/h3-4,7-8H,1-2,5-6H2,(H,15,16). The number of carbonyl (C=O) groups is 1. The number of thiazole rings is 1. The van der Waals surface area contributed by atoms with Gasteiger partial charge >= 0.3 is 5.97 Å². The lowest BCUT2D eigenvalue weighted by Gasteiger charge is -1.91. The molecule has 0 unspecified atom stereocenters. The van der Waals surface area contributed by atoms with Gasteiger partial charge in [0.2, 0.25) is 0 Å². The lowest BCUT2D eigenvalue weighted by atomic mass is 10.3. The van der Waals surface area contributed by atoms with Gasteiger partial charge in [-0.2, -0.15) is 0 Å². The van der Waals surface area contributed by atoms with E-state index in [9.17, 15) is 4.79 Å². The Labute approximate surface area is 113 Å². The Morgan fingerprint density at radius 1 is 1.44 bits per heavy atom. The number of hydrogen-bond donors (Lipinski definition) is 1. The smallest absolute Gasteiger partial charge is 0.308 e. The molecule has 1 aliphatic carbocycles. The number of carboxylic acid groups (broad SMARTS) is 1. The summed E-state index contributed by atoms with van der Waals surface area (Å²) in [7, 11) is 0. The van der Waals surface area contributed by atoms with Crippen molar-refractivity contribution in [3.63, 3.8) is 0 Å². The molecule has 0 spiro atoms. The molecular formula is C13H13NO2S2. The minimum Gasteiger partial charge on any atom is -0.481 e. The molecule has 0 aliphatic heterocycles. The first-order chi connectivity index (χ1) is 8.70. The van der Waals surface area contributed by atoms with Crippen LogP contribution in [0.15, 0.2) is 17.5 Å². The third kappa shape index (κ3) is 2.79. The molecule has 0 bridgehead atoms. The molecule has 0 atom stereocenters. The third-order valence-electron chi connectivity index (χ3n) is 2.95. The summed E-state index contributed by atoms with van der Waals surface area (Å²) in [6.45, 7) is 0. The quantitative estimate of drug-likeness (QED) is 0.912. The van der Waals surface area contributed by atoms with Crippen LogP contribution in [-0.4, -0.2) is 16.1 Å². The molecule has 1 saturated carbocycles. The summed E-state index contributed by atoms with van der Waals surface area (Å²) in [5.74, 6) is 0.0750. The minimum absolute atomic E-state index is 0.101. The van der Waals surface area contributed by atoms with Gasteiger partial charge in [-0.3, -0.25) is 4.79 Å². The van der Waals surface area contributed by atoms with Crippen LogP contribution in [-0.2, 0) is 17.6 Å². The highest BCUT2D eigenvalue weighted by Crippen LogP contribution is 2.35. The monoisotopic (exact) mass is 279 g/mol. The fourth-order valence-corrected chi connectivity index (χ4v) is 3.79. The van der Waals surface area contributed by atoms with Crippen LogP contribution >= 0.6 is 22.7 Å². The first-order valence-electron chi connectivity index (χ1n) is 5.96. The van der Waals surface area contributed by atoms with Gasteiger partial charge in [-0.05, 0) is 30.9 Å². The molecular weight excluding hydrogens is 266 g/mol. The SMILES string of the molecule is O=C(O)Cc1ccc(-c2csc(CC3CC3)n2)s1. The molecule has 2 heterocycles. The Bertz CT molecular complexity index is 569. The normalized spacial score (nSPS) is 14.9. The van der Waals surface area contributed by atoms with E-state index in [0.29, 0.717) is 0 Å². The molecule has 0 saturated heterocycles. The van der Waals surface area contributed by atoms with E-state index >= 15 is 0 Å². The number of carboxylic acids is 1. The molecule has 1 fully saturated rings. The van der Waals surface area contributed by atoms with Crippen molar-refractivity contribution in [1.82, 2.24) is 4.98 Å². The van der Waals surface area contributed by atoms with Crippen LogP contribution in [0.1, 0.15) is 22.7 Å². The third-order valence-corrected chi connectivity index (χ3v) is 4.93. The zero-order chi connectivity index (χ0) is 12.5. The van der Waals surface area contributed by atoms with Gasteiger partial charge in [-0.15, -0.1) is 22.7 Å². The van der Waals surface area contributed by atoms with Gasteiger partial charge in [0.25, 0.3) is 0 Å². The topological polar surface area (TPSA) is 50.2 Å². The number of hydrogen-bond acceptors (Lipinski definition) is 4. The van der Waals surface area contributed by atoms with Gasteiger partial charge in [0.1, 0.15) is 0 Å². The molecule has 0 aromatic carbocycles. The summed E-state index contributed by atoms with van der Waals surface area (Å²) >= 11 is 3.24. The number of nitrogens with zero attached hydrogens (tertiary/aromatic N) is 1. The molecule has 2 aromatic heterocycles.